The first-order valence-corrected chi connectivity index (χ1v) is 7.62. The van der Waals surface area contributed by atoms with E-state index in [9.17, 15) is 5.11 Å². The molecular formula is C16H24N2O. The third-order valence-electron chi connectivity index (χ3n) is 4.82. The lowest BCUT2D eigenvalue weighted by Crippen LogP contribution is -2.35. The van der Waals surface area contributed by atoms with E-state index < -0.39 is 0 Å². The molecule has 1 saturated carbocycles. The van der Waals surface area contributed by atoms with Crippen molar-refractivity contribution in [1.29, 1.82) is 0 Å². The molecule has 19 heavy (non-hydrogen) atoms. The van der Waals surface area contributed by atoms with Gasteiger partial charge in [-0.2, -0.15) is 0 Å². The Balaban J connectivity index is 1.89. The minimum atomic E-state index is 0.0938. The molecule has 3 heteroatoms. The smallest absolute Gasteiger partial charge is 0.0717 e. The summed E-state index contributed by atoms with van der Waals surface area (Å²) in [5, 5.41) is 9.55. The Morgan fingerprint density at radius 3 is 2.79 bits per heavy atom. The molecule has 1 aliphatic carbocycles. The average molecular weight is 260 g/mol. The normalized spacial score (nSPS) is 24.3. The number of aliphatic hydroxyl groups is 1. The molecule has 3 rings (SSSR count). The molecule has 0 radical (unpaired) electrons. The predicted octanol–water partition coefficient (Wildman–Crippen LogP) is 3.04. The number of hydrogen-bond acceptors (Lipinski definition) is 3. The molecule has 1 aromatic heterocycles. The molecule has 0 aromatic carbocycles. The van der Waals surface area contributed by atoms with Crippen molar-refractivity contribution in [2.45, 2.75) is 58.1 Å². The van der Waals surface area contributed by atoms with Crippen LogP contribution in [0.3, 0.4) is 0 Å². The molecule has 1 aromatic rings. The number of aliphatic hydroxyl groups excluding tert-OH is 1. The van der Waals surface area contributed by atoms with Crippen LogP contribution in [0, 0.1) is 12.8 Å². The zero-order valence-corrected chi connectivity index (χ0v) is 11.8. The molecule has 1 N–H and O–H groups in total. The standard InChI is InChI=1S/C16H24N2O/c1-12-9-16(14(11-19)10-17-12)18-8-4-7-15(18)13-5-2-3-6-13/h9-10,13,15,19H,2-8,11H2,1H3. The van der Waals surface area contributed by atoms with Crippen LogP contribution in [0.1, 0.15) is 49.8 Å². The van der Waals surface area contributed by atoms with Crippen molar-refractivity contribution < 1.29 is 5.11 Å². The first-order chi connectivity index (χ1) is 9.29. The monoisotopic (exact) mass is 260 g/mol. The van der Waals surface area contributed by atoms with Gasteiger partial charge < -0.3 is 10.0 Å². The molecule has 1 saturated heterocycles. The van der Waals surface area contributed by atoms with Crippen LogP contribution >= 0.6 is 0 Å². The minimum Gasteiger partial charge on any atom is -0.392 e. The average Bonchev–Trinajstić information content (AvgIpc) is 3.09. The first kappa shape index (κ1) is 12.9. The van der Waals surface area contributed by atoms with Crippen molar-refractivity contribution in [3.63, 3.8) is 0 Å². The summed E-state index contributed by atoms with van der Waals surface area (Å²) in [6, 6.07) is 2.84. The summed E-state index contributed by atoms with van der Waals surface area (Å²) in [6.45, 7) is 3.26. The number of anilines is 1. The Bertz CT molecular complexity index is 440. The largest absolute Gasteiger partial charge is 0.392 e. The molecule has 0 amide bonds. The van der Waals surface area contributed by atoms with E-state index in [1.165, 1.54) is 44.2 Å². The van der Waals surface area contributed by atoms with Gasteiger partial charge in [0.15, 0.2) is 0 Å². The lowest BCUT2D eigenvalue weighted by Gasteiger charge is -2.32. The van der Waals surface area contributed by atoms with E-state index in [0.717, 1.165) is 23.7 Å². The molecule has 2 fully saturated rings. The first-order valence-electron chi connectivity index (χ1n) is 7.62. The summed E-state index contributed by atoms with van der Waals surface area (Å²) in [5.41, 5.74) is 3.25. The molecule has 0 spiro atoms. The lowest BCUT2D eigenvalue weighted by molar-refractivity contribution is 0.281. The maximum atomic E-state index is 9.55. The Kier molecular flexibility index (Phi) is 3.74. The maximum Gasteiger partial charge on any atom is 0.0717 e. The van der Waals surface area contributed by atoms with Gasteiger partial charge in [-0.3, -0.25) is 4.98 Å². The van der Waals surface area contributed by atoms with Gasteiger partial charge in [0, 0.05) is 35.7 Å². The van der Waals surface area contributed by atoms with Gasteiger partial charge in [0.1, 0.15) is 0 Å². The quantitative estimate of drug-likeness (QED) is 0.907. The van der Waals surface area contributed by atoms with Crippen LogP contribution in [-0.2, 0) is 6.61 Å². The van der Waals surface area contributed by atoms with E-state index in [-0.39, 0.29) is 6.61 Å². The molecule has 2 aliphatic rings. The van der Waals surface area contributed by atoms with Crippen molar-refractivity contribution in [2.75, 3.05) is 11.4 Å². The van der Waals surface area contributed by atoms with Crippen molar-refractivity contribution in [3.8, 4) is 0 Å². The van der Waals surface area contributed by atoms with Crippen molar-refractivity contribution in [2.24, 2.45) is 5.92 Å². The van der Waals surface area contributed by atoms with Crippen LogP contribution in [0.25, 0.3) is 0 Å². The summed E-state index contributed by atoms with van der Waals surface area (Å²) >= 11 is 0. The minimum absolute atomic E-state index is 0.0938. The second kappa shape index (κ2) is 5.49. The second-order valence-corrected chi connectivity index (χ2v) is 6.06. The Morgan fingerprint density at radius 2 is 2.05 bits per heavy atom. The van der Waals surface area contributed by atoms with E-state index in [4.69, 9.17) is 0 Å². The van der Waals surface area contributed by atoms with Crippen LogP contribution in [0.4, 0.5) is 5.69 Å². The highest BCUT2D eigenvalue weighted by Crippen LogP contribution is 2.38. The van der Waals surface area contributed by atoms with Crippen LogP contribution in [-0.4, -0.2) is 22.7 Å². The summed E-state index contributed by atoms with van der Waals surface area (Å²) in [5.74, 6) is 0.863. The van der Waals surface area contributed by atoms with E-state index in [1.807, 2.05) is 13.1 Å². The fourth-order valence-electron chi connectivity index (χ4n) is 3.89. The van der Waals surface area contributed by atoms with Gasteiger partial charge in [0.25, 0.3) is 0 Å². The third kappa shape index (κ3) is 2.48. The summed E-state index contributed by atoms with van der Waals surface area (Å²) in [7, 11) is 0. The number of pyridine rings is 1. The van der Waals surface area contributed by atoms with Crippen molar-refractivity contribution in [3.05, 3.63) is 23.5 Å². The van der Waals surface area contributed by atoms with Crippen LogP contribution in [0.5, 0.6) is 0 Å². The zero-order chi connectivity index (χ0) is 13.2. The fraction of sp³-hybridized carbons (Fsp3) is 0.688. The number of rotatable bonds is 3. The Labute approximate surface area is 115 Å². The molecule has 1 aliphatic heterocycles. The SMILES string of the molecule is Cc1cc(N2CCCC2C2CCCC2)c(CO)cn1. The predicted molar refractivity (Wildman–Crippen MR) is 77.2 cm³/mol. The van der Waals surface area contributed by atoms with Gasteiger partial charge in [-0.1, -0.05) is 12.8 Å². The van der Waals surface area contributed by atoms with Gasteiger partial charge >= 0.3 is 0 Å². The molecule has 104 valence electrons. The second-order valence-electron chi connectivity index (χ2n) is 6.06. The molecule has 1 atom stereocenters. The van der Waals surface area contributed by atoms with E-state index in [2.05, 4.69) is 16.0 Å². The molecule has 3 nitrogen and oxygen atoms in total. The number of hydrogen-bond donors (Lipinski definition) is 1. The molecule has 2 heterocycles. The molecule has 1 unspecified atom stereocenters. The third-order valence-corrected chi connectivity index (χ3v) is 4.82. The topological polar surface area (TPSA) is 36.4 Å². The highest BCUT2D eigenvalue weighted by Gasteiger charge is 2.34. The highest BCUT2D eigenvalue weighted by molar-refractivity contribution is 5.55. The zero-order valence-electron chi connectivity index (χ0n) is 11.8. The Morgan fingerprint density at radius 1 is 1.26 bits per heavy atom. The highest BCUT2D eigenvalue weighted by atomic mass is 16.3. The van der Waals surface area contributed by atoms with E-state index >= 15 is 0 Å². The van der Waals surface area contributed by atoms with E-state index in [0.29, 0.717) is 6.04 Å². The molecule has 0 bridgehead atoms. The lowest BCUT2D eigenvalue weighted by atomic mass is 9.95. The van der Waals surface area contributed by atoms with Gasteiger partial charge in [0.2, 0.25) is 0 Å². The summed E-state index contributed by atoms with van der Waals surface area (Å²) < 4.78 is 0. The van der Waals surface area contributed by atoms with Gasteiger partial charge in [0.05, 0.1) is 6.61 Å². The van der Waals surface area contributed by atoms with Gasteiger partial charge in [-0.05, 0) is 44.6 Å². The van der Waals surface area contributed by atoms with Crippen molar-refractivity contribution >= 4 is 5.69 Å². The van der Waals surface area contributed by atoms with E-state index in [1.54, 1.807) is 0 Å². The van der Waals surface area contributed by atoms with Gasteiger partial charge in [-0.15, -0.1) is 0 Å². The Hall–Kier alpha value is -1.09. The summed E-state index contributed by atoms with van der Waals surface area (Å²) in [4.78, 5) is 6.87. The summed E-state index contributed by atoms with van der Waals surface area (Å²) in [6.07, 6.45) is 10.0. The van der Waals surface area contributed by atoms with Crippen LogP contribution in [0.15, 0.2) is 12.3 Å². The van der Waals surface area contributed by atoms with Crippen LogP contribution in [0.2, 0.25) is 0 Å². The number of nitrogens with zero attached hydrogens (tertiary/aromatic N) is 2. The number of aromatic nitrogens is 1. The molecular weight excluding hydrogens is 236 g/mol. The maximum absolute atomic E-state index is 9.55. The fourth-order valence-corrected chi connectivity index (χ4v) is 3.89. The van der Waals surface area contributed by atoms with Gasteiger partial charge in [-0.25, -0.2) is 0 Å². The number of aryl methyl sites for hydroxylation is 1. The van der Waals surface area contributed by atoms with Crippen LogP contribution < -0.4 is 4.90 Å². The van der Waals surface area contributed by atoms with Crippen molar-refractivity contribution in [1.82, 2.24) is 4.98 Å².